The van der Waals surface area contributed by atoms with Gasteiger partial charge in [-0.3, -0.25) is 0 Å². The minimum absolute atomic E-state index is 0.146. The molecule has 34 heavy (non-hydrogen) atoms. The second kappa shape index (κ2) is 9.19. The molecule has 178 valence electrons. The number of ether oxygens (including phenoxy) is 2. The zero-order valence-corrected chi connectivity index (χ0v) is 20.2. The van der Waals surface area contributed by atoms with Crippen molar-refractivity contribution < 1.29 is 17.9 Å². The lowest BCUT2D eigenvalue weighted by molar-refractivity contribution is 0.171. The third-order valence-electron chi connectivity index (χ3n) is 6.38. The molecule has 0 aliphatic carbocycles. The van der Waals surface area contributed by atoms with Gasteiger partial charge in [-0.1, -0.05) is 30.3 Å². The number of nitrogens with one attached hydrogen (secondary N) is 1. The Morgan fingerprint density at radius 2 is 1.71 bits per heavy atom. The molecular formula is C26H29N3O4S. The van der Waals surface area contributed by atoms with E-state index in [1.54, 1.807) is 12.1 Å². The summed E-state index contributed by atoms with van der Waals surface area (Å²) in [5.74, 6) is 1.02. The molecule has 2 aliphatic rings. The van der Waals surface area contributed by atoms with Crippen molar-refractivity contribution in [3.05, 3.63) is 77.9 Å². The van der Waals surface area contributed by atoms with E-state index in [0.29, 0.717) is 24.7 Å². The fourth-order valence-corrected chi connectivity index (χ4v) is 5.61. The fourth-order valence-electron chi connectivity index (χ4n) is 4.55. The summed E-state index contributed by atoms with van der Waals surface area (Å²) in [4.78, 5) is 4.51. The lowest BCUT2D eigenvalue weighted by atomic mass is 10.0. The summed E-state index contributed by atoms with van der Waals surface area (Å²) < 4.78 is 40.4. The molecule has 1 atom stereocenters. The summed E-state index contributed by atoms with van der Waals surface area (Å²) in [5.41, 5.74) is 4.60. The van der Waals surface area contributed by atoms with E-state index >= 15 is 0 Å². The monoisotopic (exact) mass is 479 g/mol. The maximum atomic E-state index is 13.2. The molecule has 8 heteroatoms. The average molecular weight is 480 g/mol. The SMILES string of the molecule is CN(C)c1ccc([C@@H](CNS(=O)(=O)c2ccc3c(c2)OCCO3)N2CCc3ccccc32)cc1. The van der Waals surface area contributed by atoms with Crippen molar-refractivity contribution in [1.82, 2.24) is 4.72 Å². The first kappa shape index (κ1) is 22.6. The first-order valence-electron chi connectivity index (χ1n) is 11.4. The van der Waals surface area contributed by atoms with Crippen molar-refractivity contribution in [2.75, 3.05) is 50.2 Å². The number of sulfonamides is 1. The van der Waals surface area contributed by atoms with Crippen molar-refractivity contribution >= 4 is 21.4 Å². The van der Waals surface area contributed by atoms with Gasteiger partial charge in [0.1, 0.15) is 13.2 Å². The number of hydrogen-bond donors (Lipinski definition) is 1. The summed E-state index contributed by atoms with van der Waals surface area (Å²) in [7, 11) is 0.263. The molecule has 0 fully saturated rings. The van der Waals surface area contributed by atoms with Crippen molar-refractivity contribution in [3.63, 3.8) is 0 Å². The van der Waals surface area contributed by atoms with Gasteiger partial charge in [0.15, 0.2) is 11.5 Å². The molecule has 5 rings (SSSR count). The van der Waals surface area contributed by atoms with Crippen LogP contribution in [0.3, 0.4) is 0 Å². The van der Waals surface area contributed by atoms with E-state index in [1.165, 1.54) is 11.6 Å². The van der Waals surface area contributed by atoms with E-state index in [4.69, 9.17) is 9.47 Å². The van der Waals surface area contributed by atoms with Crippen LogP contribution >= 0.6 is 0 Å². The van der Waals surface area contributed by atoms with Crippen LogP contribution < -0.4 is 24.0 Å². The Hall–Kier alpha value is -3.23. The first-order chi connectivity index (χ1) is 16.4. The number of fused-ring (bicyclic) bond motifs is 2. The van der Waals surface area contributed by atoms with Crippen molar-refractivity contribution in [3.8, 4) is 11.5 Å². The summed E-state index contributed by atoms with van der Waals surface area (Å²) in [6.45, 7) is 1.95. The van der Waals surface area contributed by atoms with Crippen LogP contribution in [0.5, 0.6) is 11.5 Å². The number of benzene rings is 3. The molecule has 0 amide bonds. The Labute approximate surface area is 201 Å². The maximum Gasteiger partial charge on any atom is 0.240 e. The quantitative estimate of drug-likeness (QED) is 0.558. The molecule has 0 spiro atoms. The standard InChI is InChI=1S/C26H29N3O4S/c1-28(2)21-9-7-20(8-10-21)24(29-14-13-19-5-3-4-6-23(19)29)18-27-34(30,31)22-11-12-25-26(17-22)33-16-15-32-25/h3-12,17,24,27H,13-16,18H2,1-2H3/t24-/m1/s1. The Morgan fingerprint density at radius 1 is 0.971 bits per heavy atom. The number of nitrogens with zero attached hydrogens (tertiary/aromatic N) is 2. The average Bonchev–Trinajstić information content (AvgIpc) is 3.28. The van der Waals surface area contributed by atoms with Gasteiger partial charge in [0, 0.05) is 44.6 Å². The third-order valence-corrected chi connectivity index (χ3v) is 7.81. The topological polar surface area (TPSA) is 71.1 Å². The van der Waals surface area contributed by atoms with Gasteiger partial charge in [0.2, 0.25) is 10.0 Å². The molecule has 0 saturated heterocycles. The van der Waals surface area contributed by atoms with Crippen LogP contribution in [-0.4, -0.2) is 48.8 Å². The first-order valence-corrected chi connectivity index (χ1v) is 12.9. The van der Waals surface area contributed by atoms with Gasteiger partial charge in [-0.15, -0.1) is 0 Å². The smallest absolute Gasteiger partial charge is 0.240 e. The van der Waals surface area contributed by atoms with Crippen LogP contribution in [-0.2, 0) is 16.4 Å². The minimum Gasteiger partial charge on any atom is -0.486 e. The largest absolute Gasteiger partial charge is 0.486 e. The van der Waals surface area contributed by atoms with E-state index in [-0.39, 0.29) is 17.5 Å². The van der Waals surface area contributed by atoms with Gasteiger partial charge >= 0.3 is 0 Å². The van der Waals surface area contributed by atoms with Gasteiger partial charge in [0.25, 0.3) is 0 Å². The molecule has 0 radical (unpaired) electrons. The van der Waals surface area contributed by atoms with Crippen molar-refractivity contribution in [2.45, 2.75) is 17.4 Å². The van der Waals surface area contributed by atoms with Gasteiger partial charge in [-0.05, 0) is 47.9 Å². The molecule has 2 aliphatic heterocycles. The lowest BCUT2D eigenvalue weighted by Crippen LogP contribution is -2.37. The highest BCUT2D eigenvalue weighted by Gasteiger charge is 2.29. The molecule has 1 N–H and O–H groups in total. The van der Waals surface area contributed by atoms with E-state index in [2.05, 4.69) is 50.9 Å². The van der Waals surface area contributed by atoms with Crippen LogP contribution in [0, 0.1) is 0 Å². The van der Waals surface area contributed by atoms with Crippen LogP contribution in [0.4, 0.5) is 11.4 Å². The molecule has 2 heterocycles. The molecule has 0 aromatic heterocycles. The van der Waals surface area contributed by atoms with Gasteiger partial charge in [-0.2, -0.15) is 0 Å². The van der Waals surface area contributed by atoms with E-state index in [1.807, 2.05) is 26.2 Å². The second-order valence-corrected chi connectivity index (χ2v) is 10.5. The second-order valence-electron chi connectivity index (χ2n) is 8.73. The highest BCUT2D eigenvalue weighted by Crippen LogP contribution is 2.36. The Balaban J connectivity index is 1.43. The summed E-state index contributed by atoms with van der Waals surface area (Å²) in [6.07, 6.45) is 0.942. The van der Waals surface area contributed by atoms with Crippen molar-refractivity contribution in [1.29, 1.82) is 0 Å². The number of anilines is 2. The van der Waals surface area contributed by atoms with Crippen LogP contribution in [0.25, 0.3) is 0 Å². The zero-order chi connectivity index (χ0) is 23.7. The Morgan fingerprint density at radius 3 is 2.47 bits per heavy atom. The number of hydrogen-bond acceptors (Lipinski definition) is 6. The third kappa shape index (κ3) is 4.43. The fraction of sp³-hybridized carbons (Fsp3) is 0.308. The van der Waals surface area contributed by atoms with Crippen LogP contribution in [0.1, 0.15) is 17.2 Å². The molecule has 3 aromatic carbocycles. The lowest BCUT2D eigenvalue weighted by Gasteiger charge is -2.31. The molecule has 0 bridgehead atoms. The van der Waals surface area contributed by atoms with E-state index in [9.17, 15) is 8.42 Å². The van der Waals surface area contributed by atoms with Gasteiger partial charge < -0.3 is 19.3 Å². The van der Waals surface area contributed by atoms with Crippen LogP contribution in [0.2, 0.25) is 0 Å². The summed E-state index contributed by atoms with van der Waals surface area (Å²) >= 11 is 0. The maximum absolute atomic E-state index is 13.2. The predicted octanol–water partition coefficient (Wildman–Crippen LogP) is 3.61. The molecule has 0 saturated carbocycles. The summed E-state index contributed by atoms with van der Waals surface area (Å²) in [6, 6.07) is 21.2. The van der Waals surface area contributed by atoms with Crippen LogP contribution in [0.15, 0.2) is 71.6 Å². The highest BCUT2D eigenvalue weighted by molar-refractivity contribution is 7.89. The minimum atomic E-state index is -3.75. The van der Waals surface area contributed by atoms with Gasteiger partial charge in [-0.25, -0.2) is 13.1 Å². The normalized spacial score (nSPS) is 15.6. The number of para-hydroxylation sites is 1. The number of rotatable bonds is 7. The highest BCUT2D eigenvalue weighted by atomic mass is 32.2. The molecule has 0 unspecified atom stereocenters. The van der Waals surface area contributed by atoms with E-state index < -0.39 is 10.0 Å². The Kier molecular flexibility index (Phi) is 6.10. The molecule has 3 aromatic rings. The zero-order valence-electron chi connectivity index (χ0n) is 19.4. The Bertz CT molecular complexity index is 1280. The predicted molar refractivity (Wildman–Crippen MR) is 134 cm³/mol. The molecule has 7 nitrogen and oxygen atoms in total. The van der Waals surface area contributed by atoms with E-state index in [0.717, 1.165) is 29.9 Å². The summed E-state index contributed by atoms with van der Waals surface area (Å²) in [5, 5.41) is 0. The molecular weight excluding hydrogens is 450 g/mol. The van der Waals surface area contributed by atoms with Crippen molar-refractivity contribution in [2.24, 2.45) is 0 Å². The van der Waals surface area contributed by atoms with Gasteiger partial charge in [0.05, 0.1) is 10.9 Å².